The van der Waals surface area contributed by atoms with Gasteiger partial charge in [0.25, 0.3) is 5.56 Å². The molecule has 0 saturated heterocycles. The van der Waals surface area contributed by atoms with E-state index >= 15 is 0 Å². The van der Waals surface area contributed by atoms with Crippen LogP contribution < -0.4 is 10.3 Å². The van der Waals surface area contributed by atoms with E-state index in [4.69, 9.17) is 4.74 Å². The second kappa shape index (κ2) is 12.6. The molecular weight excluding hydrogens is 526 g/mol. The summed E-state index contributed by atoms with van der Waals surface area (Å²) in [6, 6.07) is 31.4. The van der Waals surface area contributed by atoms with Crippen molar-refractivity contribution < 1.29 is 4.74 Å². The van der Waals surface area contributed by atoms with Crippen LogP contribution >= 0.6 is 0 Å². The summed E-state index contributed by atoms with van der Waals surface area (Å²) >= 11 is 0. The van der Waals surface area contributed by atoms with Gasteiger partial charge in [-0.25, -0.2) is 4.68 Å². The van der Waals surface area contributed by atoms with Crippen LogP contribution in [-0.4, -0.2) is 42.2 Å². The summed E-state index contributed by atoms with van der Waals surface area (Å²) in [5.41, 5.74) is 4.39. The minimum absolute atomic E-state index is 0.195. The van der Waals surface area contributed by atoms with E-state index < -0.39 is 6.04 Å². The summed E-state index contributed by atoms with van der Waals surface area (Å²) < 4.78 is 7.29. The first-order chi connectivity index (χ1) is 20.7. The Bertz CT molecular complexity index is 1760. The van der Waals surface area contributed by atoms with E-state index in [0.717, 1.165) is 28.5 Å². The number of hydrogen-bond acceptors (Lipinski definition) is 7. The van der Waals surface area contributed by atoms with Gasteiger partial charge in [-0.1, -0.05) is 66.7 Å². The van der Waals surface area contributed by atoms with E-state index in [-0.39, 0.29) is 5.56 Å². The van der Waals surface area contributed by atoms with Gasteiger partial charge in [0.1, 0.15) is 11.8 Å². The number of nitrogens with zero attached hydrogens (tertiary/aromatic N) is 6. The average Bonchev–Trinajstić information content (AvgIpc) is 3.49. The number of benzene rings is 3. The topological polar surface area (TPSA) is 102 Å². The number of fused-ring (bicyclic) bond motifs is 1. The molecule has 0 aliphatic heterocycles. The van der Waals surface area contributed by atoms with Crippen LogP contribution in [0, 0.1) is 0 Å². The molecule has 1 N–H and O–H groups in total. The van der Waals surface area contributed by atoms with Crippen LogP contribution in [0.25, 0.3) is 10.9 Å². The van der Waals surface area contributed by atoms with Crippen LogP contribution in [0.1, 0.15) is 34.1 Å². The van der Waals surface area contributed by atoms with Crippen LogP contribution in [0.3, 0.4) is 0 Å². The van der Waals surface area contributed by atoms with Crippen molar-refractivity contribution in [2.75, 3.05) is 7.11 Å². The Kier molecular flexibility index (Phi) is 8.09. The zero-order valence-corrected chi connectivity index (χ0v) is 23.3. The Morgan fingerprint density at radius 2 is 1.62 bits per heavy atom. The fraction of sp³-hybridized carbons (Fsp3) is 0.182. The second-order valence-electron chi connectivity index (χ2n) is 10.2. The number of aryl methyl sites for hydroxylation is 2. The SMILES string of the molecule is COc1ccc2[nH]c(=O)c(C(c3nnnn3CCc3ccccc3)N(Cc3ccccc3)Cc3cccnc3)cc2c1. The van der Waals surface area contributed by atoms with Crippen LogP contribution in [0.4, 0.5) is 0 Å². The predicted octanol–water partition coefficient (Wildman–Crippen LogP) is 4.95. The molecule has 210 valence electrons. The molecule has 3 aromatic carbocycles. The summed E-state index contributed by atoms with van der Waals surface area (Å²) in [5.74, 6) is 1.31. The summed E-state index contributed by atoms with van der Waals surface area (Å²) in [4.78, 5) is 23.5. The van der Waals surface area contributed by atoms with Crippen LogP contribution in [0.2, 0.25) is 0 Å². The lowest BCUT2D eigenvalue weighted by Gasteiger charge is -2.31. The van der Waals surface area contributed by atoms with Crippen molar-refractivity contribution in [3.63, 3.8) is 0 Å². The Balaban J connectivity index is 1.49. The van der Waals surface area contributed by atoms with E-state index in [9.17, 15) is 4.79 Å². The maximum absolute atomic E-state index is 13.8. The van der Waals surface area contributed by atoms with Gasteiger partial charge in [-0.15, -0.1) is 5.10 Å². The number of ether oxygens (including phenoxy) is 1. The van der Waals surface area contributed by atoms with Gasteiger partial charge in [0, 0.05) is 48.5 Å². The molecule has 9 heteroatoms. The third-order valence-corrected chi connectivity index (χ3v) is 7.34. The number of methoxy groups -OCH3 is 1. The molecule has 0 aliphatic carbocycles. The highest BCUT2D eigenvalue weighted by atomic mass is 16.5. The molecule has 1 atom stereocenters. The molecule has 6 rings (SSSR count). The van der Waals surface area contributed by atoms with Crippen molar-refractivity contribution in [3.05, 3.63) is 148 Å². The molecule has 0 saturated carbocycles. The Labute approximate surface area is 243 Å². The van der Waals surface area contributed by atoms with Gasteiger partial charge in [-0.3, -0.25) is 14.7 Å². The van der Waals surface area contributed by atoms with Crippen LogP contribution in [0.5, 0.6) is 5.75 Å². The molecule has 0 fully saturated rings. The van der Waals surface area contributed by atoms with Crippen molar-refractivity contribution in [1.82, 2.24) is 35.1 Å². The first-order valence-electron chi connectivity index (χ1n) is 13.9. The number of hydrogen-bond donors (Lipinski definition) is 1. The van der Waals surface area contributed by atoms with E-state index in [2.05, 4.69) is 54.7 Å². The average molecular weight is 558 g/mol. The van der Waals surface area contributed by atoms with E-state index in [1.54, 1.807) is 13.3 Å². The maximum Gasteiger partial charge on any atom is 0.253 e. The van der Waals surface area contributed by atoms with E-state index in [0.29, 0.717) is 36.8 Å². The van der Waals surface area contributed by atoms with Gasteiger partial charge in [-0.2, -0.15) is 0 Å². The minimum atomic E-state index is -0.560. The first kappa shape index (κ1) is 27.0. The molecule has 0 amide bonds. The highest BCUT2D eigenvalue weighted by Gasteiger charge is 2.31. The van der Waals surface area contributed by atoms with E-state index in [1.165, 1.54) is 5.56 Å². The zero-order valence-electron chi connectivity index (χ0n) is 23.3. The number of aromatic nitrogens is 6. The molecule has 1 unspecified atom stereocenters. The van der Waals surface area contributed by atoms with Gasteiger partial charge in [-0.05, 0) is 63.9 Å². The maximum atomic E-state index is 13.8. The predicted molar refractivity (Wildman–Crippen MR) is 161 cm³/mol. The molecular formula is C33H31N7O2. The molecule has 42 heavy (non-hydrogen) atoms. The van der Waals surface area contributed by atoms with Crippen molar-refractivity contribution in [1.29, 1.82) is 0 Å². The fourth-order valence-corrected chi connectivity index (χ4v) is 5.26. The lowest BCUT2D eigenvalue weighted by atomic mass is 10.0. The van der Waals surface area contributed by atoms with Gasteiger partial charge < -0.3 is 9.72 Å². The van der Waals surface area contributed by atoms with Crippen LogP contribution in [-0.2, 0) is 26.1 Å². The molecule has 3 heterocycles. The number of rotatable bonds is 11. The quantitative estimate of drug-likeness (QED) is 0.240. The van der Waals surface area contributed by atoms with Gasteiger partial charge in [0.15, 0.2) is 5.82 Å². The molecule has 9 nitrogen and oxygen atoms in total. The van der Waals surface area contributed by atoms with Crippen molar-refractivity contribution in [2.45, 2.75) is 32.1 Å². The Morgan fingerprint density at radius 3 is 2.36 bits per heavy atom. The molecule has 0 spiro atoms. The summed E-state index contributed by atoms with van der Waals surface area (Å²) in [5, 5.41) is 13.9. The molecule has 0 aliphatic rings. The smallest absolute Gasteiger partial charge is 0.253 e. The lowest BCUT2D eigenvalue weighted by Crippen LogP contribution is -2.35. The zero-order chi connectivity index (χ0) is 28.7. The van der Waals surface area contributed by atoms with Crippen molar-refractivity contribution >= 4 is 10.9 Å². The fourth-order valence-electron chi connectivity index (χ4n) is 5.26. The number of aromatic amines is 1. The molecule has 6 aromatic rings. The normalized spacial score (nSPS) is 12.0. The lowest BCUT2D eigenvalue weighted by molar-refractivity contribution is 0.193. The minimum Gasteiger partial charge on any atom is -0.497 e. The van der Waals surface area contributed by atoms with Gasteiger partial charge in [0.05, 0.1) is 7.11 Å². The highest BCUT2D eigenvalue weighted by molar-refractivity contribution is 5.80. The van der Waals surface area contributed by atoms with Crippen LogP contribution in [0.15, 0.2) is 114 Å². The number of tetrazole rings is 1. The second-order valence-corrected chi connectivity index (χ2v) is 10.2. The Morgan fingerprint density at radius 1 is 0.881 bits per heavy atom. The molecule has 0 radical (unpaired) electrons. The molecule has 3 aromatic heterocycles. The Hall–Kier alpha value is -5.15. The highest BCUT2D eigenvalue weighted by Crippen LogP contribution is 2.31. The summed E-state index contributed by atoms with van der Waals surface area (Å²) in [6.45, 7) is 1.64. The monoisotopic (exact) mass is 557 g/mol. The van der Waals surface area contributed by atoms with E-state index in [1.807, 2.05) is 83.7 Å². The van der Waals surface area contributed by atoms with Gasteiger partial charge in [0.2, 0.25) is 0 Å². The third-order valence-electron chi connectivity index (χ3n) is 7.34. The number of pyridine rings is 2. The van der Waals surface area contributed by atoms with Crippen molar-refractivity contribution in [2.24, 2.45) is 0 Å². The standard InChI is InChI=1S/C33H31N7O2/c1-42-28-14-15-30-27(19-28)20-29(33(41)35-30)31(32-36-37-38-40(32)18-16-24-9-4-2-5-10-24)39(22-25-11-6-3-7-12-25)23-26-13-8-17-34-21-26/h2-15,17,19-21,31H,16,18,22-23H2,1H3,(H,35,41). The molecule has 0 bridgehead atoms. The third kappa shape index (κ3) is 6.11. The van der Waals surface area contributed by atoms with Gasteiger partial charge >= 0.3 is 0 Å². The summed E-state index contributed by atoms with van der Waals surface area (Å²) in [6.07, 6.45) is 4.36. The largest absolute Gasteiger partial charge is 0.497 e. The number of nitrogens with one attached hydrogen (secondary N) is 1. The van der Waals surface area contributed by atoms with Crippen molar-refractivity contribution in [3.8, 4) is 5.75 Å². The summed E-state index contributed by atoms with van der Waals surface area (Å²) in [7, 11) is 1.63. The first-order valence-corrected chi connectivity index (χ1v) is 13.9. The number of H-pyrrole nitrogens is 1.